The van der Waals surface area contributed by atoms with E-state index in [9.17, 15) is 4.79 Å². The van der Waals surface area contributed by atoms with Crippen molar-refractivity contribution in [3.8, 4) is 0 Å². The number of hydrogen-bond donors (Lipinski definition) is 3. The van der Waals surface area contributed by atoms with Gasteiger partial charge >= 0.3 is 0 Å². The maximum atomic E-state index is 11.0. The van der Waals surface area contributed by atoms with Crippen molar-refractivity contribution in [3.63, 3.8) is 0 Å². The van der Waals surface area contributed by atoms with Crippen LogP contribution in [-0.2, 0) is 11.3 Å². The first-order chi connectivity index (χ1) is 9.06. The van der Waals surface area contributed by atoms with Crippen molar-refractivity contribution in [3.05, 3.63) is 40.7 Å². The molecule has 100 valence electrons. The first-order valence-electron chi connectivity index (χ1n) is 5.86. The first-order valence-corrected chi connectivity index (χ1v) is 6.24. The summed E-state index contributed by atoms with van der Waals surface area (Å²) in [6.45, 7) is 4.08. The largest absolute Gasteiger partial charge is 0.381 e. The van der Waals surface area contributed by atoms with E-state index in [1.54, 1.807) is 18.3 Å². The van der Waals surface area contributed by atoms with Gasteiger partial charge in [-0.3, -0.25) is 9.89 Å². The Morgan fingerprint density at radius 2 is 2.26 bits per heavy atom. The second-order valence-corrected chi connectivity index (χ2v) is 4.66. The van der Waals surface area contributed by atoms with Gasteiger partial charge in [-0.05, 0) is 25.1 Å². The second-order valence-electron chi connectivity index (χ2n) is 4.25. The van der Waals surface area contributed by atoms with Gasteiger partial charge in [0.15, 0.2) is 0 Å². The molecule has 0 saturated heterocycles. The Hall–Kier alpha value is -2.01. The molecule has 0 unspecified atom stereocenters. The topological polar surface area (TPSA) is 69.8 Å². The summed E-state index contributed by atoms with van der Waals surface area (Å²) in [5.74, 6) is -0.142. The van der Waals surface area contributed by atoms with Crippen molar-refractivity contribution in [1.29, 1.82) is 0 Å². The molecule has 1 amide bonds. The fraction of sp³-hybridized carbons (Fsp3) is 0.231. The molecule has 1 heterocycles. The third-order valence-electron chi connectivity index (χ3n) is 2.70. The minimum absolute atomic E-state index is 0.142. The molecule has 6 heteroatoms. The summed E-state index contributed by atoms with van der Waals surface area (Å²) in [6, 6.07) is 5.42. The molecule has 0 aliphatic heterocycles. The highest BCUT2D eigenvalue weighted by atomic mass is 35.5. The average molecular weight is 279 g/mol. The van der Waals surface area contributed by atoms with Crippen LogP contribution in [-0.4, -0.2) is 16.1 Å². The maximum Gasteiger partial charge on any atom is 0.221 e. The quantitative estimate of drug-likeness (QED) is 0.805. The van der Waals surface area contributed by atoms with Gasteiger partial charge in [0.25, 0.3) is 0 Å². The summed E-state index contributed by atoms with van der Waals surface area (Å²) in [4.78, 5) is 11.0. The monoisotopic (exact) mass is 278 g/mol. The molecule has 0 aliphatic rings. The molecule has 0 saturated carbocycles. The zero-order valence-corrected chi connectivity index (χ0v) is 11.5. The van der Waals surface area contributed by atoms with E-state index in [-0.39, 0.29) is 5.91 Å². The van der Waals surface area contributed by atoms with Crippen LogP contribution in [0.3, 0.4) is 0 Å². The third kappa shape index (κ3) is 3.48. The van der Waals surface area contributed by atoms with Crippen LogP contribution >= 0.6 is 11.6 Å². The molecule has 2 aromatic rings. The first kappa shape index (κ1) is 13.4. The number of carbonyl (C=O) groups excluding carboxylic acids is 1. The molecular formula is C13H15ClN4O. The summed E-state index contributed by atoms with van der Waals surface area (Å²) < 4.78 is 0. The Morgan fingerprint density at radius 3 is 2.84 bits per heavy atom. The van der Waals surface area contributed by atoms with E-state index in [1.807, 2.05) is 13.0 Å². The zero-order chi connectivity index (χ0) is 13.8. The number of amides is 1. The maximum absolute atomic E-state index is 11.0. The predicted octanol–water partition coefficient (Wildman–Crippen LogP) is 2.94. The zero-order valence-electron chi connectivity index (χ0n) is 10.7. The highest BCUT2D eigenvalue weighted by Gasteiger charge is 2.04. The minimum atomic E-state index is -0.142. The van der Waals surface area contributed by atoms with Crippen molar-refractivity contribution in [1.82, 2.24) is 10.2 Å². The lowest BCUT2D eigenvalue weighted by atomic mass is 10.2. The summed E-state index contributed by atoms with van der Waals surface area (Å²) >= 11 is 6.09. The van der Waals surface area contributed by atoms with Crippen LogP contribution in [0.2, 0.25) is 5.02 Å². The number of hydrogen-bond acceptors (Lipinski definition) is 3. The number of aryl methyl sites for hydroxylation is 1. The Bertz CT molecular complexity index is 594. The third-order valence-corrected chi connectivity index (χ3v) is 3.01. The SMILES string of the molecule is CC(=O)Nc1ccc(NCc2cn[nH]c2C)cc1Cl. The predicted molar refractivity (Wildman–Crippen MR) is 76.4 cm³/mol. The lowest BCUT2D eigenvalue weighted by molar-refractivity contribution is -0.114. The van der Waals surface area contributed by atoms with E-state index in [0.717, 1.165) is 16.9 Å². The number of aromatic amines is 1. The van der Waals surface area contributed by atoms with Gasteiger partial charge in [0.1, 0.15) is 0 Å². The van der Waals surface area contributed by atoms with Gasteiger partial charge in [0.05, 0.1) is 16.9 Å². The molecule has 1 aromatic carbocycles. The molecular weight excluding hydrogens is 264 g/mol. The Balaban J connectivity index is 2.04. The fourth-order valence-corrected chi connectivity index (χ4v) is 1.90. The number of anilines is 2. The molecule has 19 heavy (non-hydrogen) atoms. The minimum Gasteiger partial charge on any atom is -0.381 e. The fourth-order valence-electron chi connectivity index (χ4n) is 1.67. The summed E-state index contributed by atoms with van der Waals surface area (Å²) in [5, 5.41) is 13.3. The molecule has 0 radical (unpaired) electrons. The Morgan fingerprint density at radius 1 is 1.47 bits per heavy atom. The van der Waals surface area contributed by atoms with Crippen molar-refractivity contribution in [2.24, 2.45) is 0 Å². The lowest BCUT2D eigenvalue weighted by Crippen LogP contribution is -2.06. The van der Waals surface area contributed by atoms with Gasteiger partial charge in [-0.1, -0.05) is 11.6 Å². The molecule has 3 N–H and O–H groups in total. The van der Waals surface area contributed by atoms with Crippen molar-refractivity contribution < 1.29 is 4.79 Å². The van der Waals surface area contributed by atoms with Crippen LogP contribution in [0.4, 0.5) is 11.4 Å². The second kappa shape index (κ2) is 5.75. The van der Waals surface area contributed by atoms with Crippen molar-refractivity contribution in [2.45, 2.75) is 20.4 Å². The van der Waals surface area contributed by atoms with Crippen LogP contribution < -0.4 is 10.6 Å². The van der Waals surface area contributed by atoms with E-state index in [2.05, 4.69) is 20.8 Å². The van der Waals surface area contributed by atoms with Crippen LogP contribution in [0.1, 0.15) is 18.2 Å². The smallest absolute Gasteiger partial charge is 0.221 e. The van der Waals surface area contributed by atoms with E-state index < -0.39 is 0 Å². The van der Waals surface area contributed by atoms with Crippen molar-refractivity contribution >= 4 is 28.9 Å². The van der Waals surface area contributed by atoms with Crippen LogP contribution in [0.5, 0.6) is 0 Å². The van der Waals surface area contributed by atoms with E-state index in [0.29, 0.717) is 17.3 Å². The molecule has 1 aromatic heterocycles. The average Bonchev–Trinajstić information content (AvgIpc) is 2.75. The normalized spacial score (nSPS) is 10.3. The molecule has 0 fully saturated rings. The highest BCUT2D eigenvalue weighted by Crippen LogP contribution is 2.25. The number of aromatic nitrogens is 2. The molecule has 5 nitrogen and oxygen atoms in total. The summed E-state index contributed by atoms with van der Waals surface area (Å²) in [6.07, 6.45) is 1.79. The Labute approximate surface area is 116 Å². The molecule has 0 spiro atoms. The van der Waals surface area contributed by atoms with Gasteiger partial charge in [0.2, 0.25) is 5.91 Å². The van der Waals surface area contributed by atoms with Gasteiger partial charge < -0.3 is 10.6 Å². The molecule has 0 atom stereocenters. The summed E-state index contributed by atoms with van der Waals surface area (Å²) in [5.41, 5.74) is 3.63. The standard InChI is InChI=1S/C13H15ClN4O/c1-8-10(7-16-18-8)6-15-11-3-4-13(12(14)5-11)17-9(2)19/h3-5,7,15H,6H2,1-2H3,(H,16,18)(H,17,19). The van der Waals surface area contributed by atoms with Gasteiger partial charge in [-0.2, -0.15) is 5.10 Å². The van der Waals surface area contributed by atoms with Crippen molar-refractivity contribution in [2.75, 3.05) is 10.6 Å². The highest BCUT2D eigenvalue weighted by molar-refractivity contribution is 6.34. The number of nitrogens with zero attached hydrogens (tertiary/aromatic N) is 1. The lowest BCUT2D eigenvalue weighted by Gasteiger charge is -2.09. The van der Waals surface area contributed by atoms with E-state index in [4.69, 9.17) is 11.6 Å². The number of rotatable bonds is 4. The van der Waals surface area contributed by atoms with Crippen LogP contribution in [0.15, 0.2) is 24.4 Å². The van der Waals surface area contributed by atoms with Crippen LogP contribution in [0.25, 0.3) is 0 Å². The molecule has 0 aliphatic carbocycles. The van der Waals surface area contributed by atoms with Gasteiger partial charge in [-0.25, -0.2) is 0 Å². The number of H-pyrrole nitrogens is 1. The number of carbonyl (C=O) groups is 1. The van der Waals surface area contributed by atoms with Gasteiger partial charge in [0, 0.05) is 30.4 Å². The van der Waals surface area contributed by atoms with Crippen LogP contribution in [0, 0.1) is 6.92 Å². The van der Waals surface area contributed by atoms with Gasteiger partial charge in [-0.15, -0.1) is 0 Å². The molecule has 0 bridgehead atoms. The number of nitrogens with one attached hydrogen (secondary N) is 3. The van der Waals surface area contributed by atoms with E-state index in [1.165, 1.54) is 6.92 Å². The molecule has 2 rings (SSSR count). The van der Waals surface area contributed by atoms with E-state index >= 15 is 0 Å². The number of benzene rings is 1. The number of halogens is 1. The summed E-state index contributed by atoms with van der Waals surface area (Å²) in [7, 11) is 0. The Kier molecular flexibility index (Phi) is 4.06.